The third-order valence-electron chi connectivity index (χ3n) is 2.62. The number of esters is 1. The Morgan fingerprint density at radius 1 is 1.58 bits per heavy atom. The van der Waals surface area contributed by atoms with E-state index in [4.69, 9.17) is 15.0 Å². The Bertz CT molecular complexity index is 561. The molecule has 2 heterocycles. The van der Waals surface area contributed by atoms with Crippen LogP contribution in [0.25, 0.3) is 0 Å². The predicted octanol–water partition coefficient (Wildman–Crippen LogP) is 0.576. The molecule has 2 aromatic heterocycles. The monoisotopic (exact) mass is 265 g/mol. The Morgan fingerprint density at radius 3 is 3.00 bits per heavy atom. The van der Waals surface area contributed by atoms with Crippen LogP contribution >= 0.6 is 0 Å². The number of ether oxygens (including phenoxy) is 1. The number of hydrogen-bond acceptors (Lipinski definition) is 7. The number of nitrogen functional groups attached to an aromatic ring is 1. The number of anilines is 1. The fraction of sp³-hybridized carbons (Fsp3) is 0.455. The van der Waals surface area contributed by atoms with E-state index < -0.39 is 5.97 Å². The van der Waals surface area contributed by atoms with Crippen molar-refractivity contribution in [3.63, 3.8) is 0 Å². The molecule has 0 amide bonds. The van der Waals surface area contributed by atoms with Crippen LogP contribution in [0, 0.1) is 6.92 Å². The Morgan fingerprint density at radius 2 is 2.37 bits per heavy atom. The summed E-state index contributed by atoms with van der Waals surface area (Å²) in [5.74, 6) is 0.917. The third-order valence-corrected chi connectivity index (χ3v) is 2.62. The minimum atomic E-state index is -0.514. The standard InChI is InChI=1S/C11H15N5O3/c1-3-18-11(17)9-10(12)16(7(2)15-9)5-4-8-13-6-14-19-8/h6H,3-5,12H2,1-2H3. The number of nitrogens with zero attached hydrogens (tertiary/aromatic N) is 4. The van der Waals surface area contributed by atoms with E-state index >= 15 is 0 Å². The van der Waals surface area contributed by atoms with Crippen molar-refractivity contribution in [1.82, 2.24) is 19.7 Å². The second kappa shape index (κ2) is 5.51. The van der Waals surface area contributed by atoms with Crippen molar-refractivity contribution in [3.05, 3.63) is 23.7 Å². The molecule has 0 unspecified atom stereocenters. The van der Waals surface area contributed by atoms with Crippen LogP contribution < -0.4 is 5.73 Å². The molecule has 2 aromatic rings. The van der Waals surface area contributed by atoms with E-state index in [-0.39, 0.29) is 18.1 Å². The van der Waals surface area contributed by atoms with Gasteiger partial charge in [-0.2, -0.15) is 4.98 Å². The fourth-order valence-electron chi connectivity index (χ4n) is 1.73. The van der Waals surface area contributed by atoms with Crippen LogP contribution in [0.5, 0.6) is 0 Å². The van der Waals surface area contributed by atoms with Gasteiger partial charge in [-0.05, 0) is 13.8 Å². The molecule has 0 aromatic carbocycles. The van der Waals surface area contributed by atoms with Crippen molar-refractivity contribution in [3.8, 4) is 0 Å². The van der Waals surface area contributed by atoms with Gasteiger partial charge in [0.1, 0.15) is 11.6 Å². The van der Waals surface area contributed by atoms with E-state index in [9.17, 15) is 4.79 Å². The summed E-state index contributed by atoms with van der Waals surface area (Å²) in [6.45, 7) is 4.29. The average Bonchev–Trinajstić information content (AvgIpc) is 2.97. The highest BCUT2D eigenvalue weighted by Gasteiger charge is 2.19. The molecule has 102 valence electrons. The minimum Gasteiger partial charge on any atom is -0.461 e. The Balaban J connectivity index is 2.14. The van der Waals surface area contributed by atoms with Crippen LogP contribution in [0.3, 0.4) is 0 Å². The van der Waals surface area contributed by atoms with Crippen molar-refractivity contribution >= 4 is 11.8 Å². The van der Waals surface area contributed by atoms with Crippen molar-refractivity contribution in [1.29, 1.82) is 0 Å². The first-order chi connectivity index (χ1) is 9.13. The lowest BCUT2D eigenvalue weighted by Crippen LogP contribution is -2.11. The number of aromatic nitrogens is 4. The molecule has 8 nitrogen and oxygen atoms in total. The van der Waals surface area contributed by atoms with Crippen molar-refractivity contribution < 1.29 is 14.1 Å². The summed E-state index contributed by atoms with van der Waals surface area (Å²) in [6, 6.07) is 0. The molecule has 2 rings (SSSR count). The number of carbonyl (C=O) groups excluding carboxylic acids is 1. The zero-order valence-electron chi connectivity index (χ0n) is 10.8. The summed E-state index contributed by atoms with van der Waals surface area (Å²) in [7, 11) is 0. The molecular formula is C11H15N5O3. The SMILES string of the molecule is CCOC(=O)c1nc(C)n(CCc2ncno2)c1N. The molecule has 19 heavy (non-hydrogen) atoms. The first kappa shape index (κ1) is 13.1. The van der Waals surface area contributed by atoms with Crippen LogP contribution in [0.2, 0.25) is 0 Å². The van der Waals surface area contributed by atoms with Gasteiger partial charge in [-0.15, -0.1) is 0 Å². The lowest BCUT2D eigenvalue weighted by Gasteiger charge is -2.05. The molecular weight excluding hydrogens is 250 g/mol. The Labute approximate surface area is 109 Å². The Kier molecular flexibility index (Phi) is 3.79. The number of carbonyl (C=O) groups is 1. The van der Waals surface area contributed by atoms with Gasteiger partial charge in [-0.1, -0.05) is 5.16 Å². The lowest BCUT2D eigenvalue weighted by molar-refractivity contribution is 0.0521. The second-order valence-corrected chi connectivity index (χ2v) is 3.85. The van der Waals surface area contributed by atoms with E-state index in [1.165, 1.54) is 6.33 Å². The number of aryl methyl sites for hydroxylation is 2. The van der Waals surface area contributed by atoms with Crippen LogP contribution in [-0.2, 0) is 17.7 Å². The first-order valence-corrected chi connectivity index (χ1v) is 5.88. The maximum atomic E-state index is 11.6. The smallest absolute Gasteiger partial charge is 0.360 e. The van der Waals surface area contributed by atoms with Gasteiger partial charge in [-0.25, -0.2) is 9.78 Å². The highest BCUT2D eigenvalue weighted by molar-refractivity contribution is 5.92. The van der Waals surface area contributed by atoms with E-state index in [1.54, 1.807) is 18.4 Å². The number of hydrogen-bond donors (Lipinski definition) is 1. The van der Waals surface area contributed by atoms with E-state index in [2.05, 4.69) is 15.1 Å². The molecule has 0 aliphatic heterocycles. The zero-order valence-corrected chi connectivity index (χ0v) is 10.8. The molecule has 0 atom stereocenters. The summed E-state index contributed by atoms with van der Waals surface area (Å²) in [6.07, 6.45) is 1.85. The zero-order chi connectivity index (χ0) is 13.8. The highest BCUT2D eigenvalue weighted by atomic mass is 16.5. The van der Waals surface area contributed by atoms with Crippen LogP contribution in [0.15, 0.2) is 10.9 Å². The second-order valence-electron chi connectivity index (χ2n) is 3.85. The van der Waals surface area contributed by atoms with Crippen LogP contribution in [0.1, 0.15) is 29.1 Å². The molecule has 0 bridgehead atoms. The summed E-state index contributed by atoms with van der Waals surface area (Å²) < 4.78 is 11.5. The number of rotatable bonds is 5. The first-order valence-electron chi connectivity index (χ1n) is 5.88. The summed E-state index contributed by atoms with van der Waals surface area (Å²) in [5, 5.41) is 3.52. The molecule has 0 aliphatic carbocycles. The highest BCUT2D eigenvalue weighted by Crippen LogP contribution is 2.16. The molecule has 8 heteroatoms. The van der Waals surface area contributed by atoms with E-state index in [0.29, 0.717) is 24.7 Å². The van der Waals surface area contributed by atoms with E-state index in [1.807, 2.05) is 0 Å². The third kappa shape index (κ3) is 2.72. The largest absolute Gasteiger partial charge is 0.461 e. The van der Waals surface area contributed by atoms with Crippen molar-refractivity contribution in [2.24, 2.45) is 0 Å². The molecule has 0 radical (unpaired) electrons. The summed E-state index contributed by atoms with van der Waals surface area (Å²) in [4.78, 5) is 19.7. The topological polar surface area (TPSA) is 109 Å². The van der Waals surface area contributed by atoms with Gasteiger partial charge in [0.25, 0.3) is 0 Å². The summed E-state index contributed by atoms with van der Waals surface area (Å²) in [5.41, 5.74) is 6.05. The quantitative estimate of drug-likeness (QED) is 0.787. The minimum absolute atomic E-state index is 0.143. The average molecular weight is 265 g/mol. The molecule has 0 saturated heterocycles. The van der Waals surface area contributed by atoms with Crippen molar-refractivity contribution in [2.75, 3.05) is 12.3 Å². The summed E-state index contributed by atoms with van der Waals surface area (Å²) >= 11 is 0. The molecule has 0 saturated carbocycles. The molecule has 0 spiro atoms. The normalized spacial score (nSPS) is 10.6. The maximum Gasteiger partial charge on any atom is 0.360 e. The van der Waals surface area contributed by atoms with Crippen LogP contribution in [0.4, 0.5) is 5.82 Å². The molecule has 2 N–H and O–H groups in total. The van der Waals surface area contributed by atoms with Gasteiger partial charge in [-0.3, -0.25) is 0 Å². The molecule has 0 fully saturated rings. The van der Waals surface area contributed by atoms with Gasteiger partial charge in [0, 0.05) is 13.0 Å². The maximum absolute atomic E-state index is 11.6. The van der Waals surface area contributed by atoms with Crippen molar-refractivity contribution in [2.45, 2.75) is 26.8 Å². The predicted molar refractivity (Wildman–Crippen MR) is 65.3 cm³/mol. The van der Waals surface area contributed by atoms with E-state index in [0.717, 1.165) is 0 Å². The van der Waals surface area contributed by atoms with Gasteiger partial charge < -0.3 is 19.6 Å². The van der Waals surface area contributed by atoms with Gasteiger partial charge in [0.15, 0.2) is 12.0 Å². The van der Waals surface area contributed by atoms with Gasteiger partial charge in [0.2, 0.25) is 5.89 Å². The lowest BCUT2D eigenvalue weighted by atomic mass is 10.4. The number of nitrogens with two attached hydrogens (primary N) is 1. The Hall–Kier alpha value is -2.38. The number of imidazole rings is 1. The van der Waals surface area contributed by atoms with Crippen LogP contribution in [-0.4, -0.2) is 32.3 Å². The molecule has 0 aliphatic rings. The fourth-order valence-corrected chi connectivity index (χ4v) is 1.73. The van der Waals surface area contributed by atoms with Gasteiger partial charge >= 0.3 is 5.97 Å². The van der Waals surface area contributed by atoms with Gasteiger partial charge in [0.05, 0.1) is 6.61 Å².